The van der Waals surface area contributed by atoms with E-state index in [1.165, 1.54) is 25.3 Å². The summed E-state index contributed by atoms with van der Waals surface area (Å²) in [4.78, 5) is 21.9. The molecule has 2 aromatic carbocycles. The lowest BCUT2D eigenvalue weighted by Crippen LogP contribution is -2.28. The predicted octanol–water partition coefficient (Wildman–Crippen LogP) is 3.95. The number of hydrogen-bond acceptors (Lipinski definition) is 4. The predicted molar refractivity (Wildman–Crippen MR) is 97.9 cm³/mol. The number of nitrogens with one attached hydrogen (secondary N) is 1. The number of anilines is 1. The molecular weight excluding hydrogens is 369 g/mol. The van der Waals surface area contributed by atoms with Crippen LogP contribution in [0.1, 0.15) is 30.5 Å². The Balaban J connectivity index is 1.68. The molecule has 0 saturated heterocycles. The van der Waals surface area contributed by atoms with Gasteiger partial charge in [-0.3, -0.25) is 9.78 Å². The molecule has 1 aliphatic heterocycles. The summed E-state index contributed by atoms with van der Waals surface area (Å²) in [5.74, 6) is -2.04. The standard InChI is InChI=1S/C20H17F3N4O/c1-11(28)27-5-4-17(14-3-2-13(21)6-12(14)10-27)25-20-9-24-18-7-15(22)16(23)8-19(18)26-20/h2-3,6-9,17H,4-5,10H2,1H3,(H,25,26). The van der Waals surface area contributed by atoms with Crippen LogP contribution >= 0.6 is 0 Å². The molecule has 0 bridgehead atoms. The van der Waals surface area contributed by atoms with Crippen molar-refractivity contribution >= 4 is 22.8 Å². The van der Waals surface area contributed by atoms with Crippen molar-refractivity contribution in [2.45, 2.75) is 25.9 Å². The lowest BCUT2D eigenvalue weighted by molar-refractivity contribution is -0.129. The first kappa shape index (κ1) is 18.2. The largest absolute Gasteiger partial charge is 0.362 e. The number of halogens is 3. The number of fused-ring (bicyclic) bond motifs is 2. The fourth-order valence-electron chi connectivity index (χ4n) is 3.45. The zero-order chi connectivity index (χ0) is 19.8. The van der Waals surface area contributed by atoms with E-state index in [4.69, 9.17) is 0 Å². The number of rotatable bonds is 2. The Morgan fingerprint density at radius 2 is 1.89 bits per heavy atom. The van der Waals surface area contributed by atoms with Crippen LogP contribution in [-0.2, 0) is 11.3 Å². The summed E-state index contributed by atoms with van der Waals surface area (Å²) < 4.78 is 40.6. The molecule has 0 aliphatic carbocycles. The third-order valence-electron chi connectivity index (χ3n) is 4.88. The topological polar surface area (TPSA) is 58.1 Å². The Labute approximate surface area is 159 Å². The van der Waals surface area contributed by atoms with Crippen molar-refractivity contribution in [3.05, 3.63) is 65.1 Å². The molecule has 0 radical (unpaired) electrons. The summed E-state index contributed by atoms with van der Waals surface area (Å²) in [5, 5.41) is 3.23. The van der Waals surface area contributed by atoms with Crippen molar-refractivity contribution in [2.24, 2.45) is 0 Å². The average Bonchev–Trinajstić information content (AvgIpc) is 2.82. The smallest absolute Gasteiger partial charge is 0.219 e. The zero-order valence-corrected chi connectivity index (χ0v) is 15.0. The normalized spacial score (nSPS) is 16.6. The molecule has 1 unspecified atom stereocenters. The molecule has 5 nitrogen and oxygen atoms in total. The van der Waals surface area contributed by atoms with E-state index in [-0.39, 0.29) is 28.8 Å². The molecule has 1 atom stereocenters. The SMILES string of the molecule is CC(=O)N1CCC(Nc2cnc3cc(F)c(F)cc3n2)c2ccc(F)cc2C1. The van der Waals surface area contributed by atoms with Gasteiger partial charge in [-0.2, -0.15) is 0 Å². The Kier molecular flexibility index (Phi) is 4.62. The number of carbonyl (C=O) groups excluding carboxylic acids is 1. The molecule has 2 heterocycles. The van der Waals surface area contributed by atoms with Crippen LogP contribution in [0.25, 0.3) is 11.0 Å². The Morgan fingerprint density at radius 3 is 2.64 bits per heavy atom. The maximum atomic E-state index is 13.7. The van der Waals surface area contributed by atoms with Gasteiger partial charge in [-0.05, 0) is 29.7 Å². The molecule has 1 aromatic heterocycles. The maximum Gasteiger partial charge on any atom is 0.219 e. The highest BCUT2D eigenvalue weighted by molar-refractivity contribution is 5.76. The van der Waals surface area contributed by atoms with E-state index < -0.39 is 11.6 Å². The fraction of sp³-hybridized carbons (Fsp3) is 0.250. The first-order chi connectivity index (χ1) is 13.4. The number of nitrogens with zero attached hydrogens (tertiary/aromatic N) is 3. The van der Waals surface area contributed by atoms with E-state index in [0.717, 1.165) is 17.7 Å². The monoisotopic (exact) mass is 386 g/mol. The van der Waals surface area contributed by atoms with Gasteiger partial charge >= 0.3 is 0 Å². The first-order valence-corrected chi connectivity index (χ1v) is 8.83. The van der Waals surface area contributed by atoms with E-state index in [2.05, 4.69) is 15.3 Å². The van der Waals surface area contributed by atoms with Gasteiger partial charge in [0.05, 0.1) is 23.3 Å². The third-order valence-corrected chi connectivity index (χ3v) is 4.88. The maximum absolute atomic E-state index is 13.7. The van der Waals surface area contributed by atoms with Crippen LogP contribution in [-0.4, -0.2) is 27.3 Å². The van der Waals surface area contributed by atoms with Gasteiger partial charge in [0, 0.05) is 32.1 Å². The van der Waals surface area contributed by atoms with Crippen LogP contribution in [0.3, 0.4) is 0 Å². The molecule has 3 aromatic rings. The molecule has 8 heteroatoms. The van der Waals surface area contributed by atoms with E-state index in [0.29, 0.717) is 30.9 Å². The number of benzene rings is 2. The van der Waals surface area contributed by atoms with Gasteiger partial charge in [0.2, 0.25) is 5.91 Å². The number of aromatic nitrogens is 2. The Bertz CT molecular complexity index is 1070. The number of amides is 1. The number of hydrogen-bond donors (Lipinski definition) is 1. The summed E-state index contributed by atoms with van der Waals surface area (Å²) in [5.41, 5.74) is 2.04. The highest BCUT2D eigenvalue weighted by Crippen LogP contribution is 2.30. The van der Waals surface area contributed by atoms with Crippen LogP contribution in [0, 0.1) is 17.5 Å². The van der Waals surface area contributed by atoms with E-state index in [1.54, 1.807) is 11.0 Å². The van der Waals surface area contributed by atoms with Crippen molar-refractivity contribution in [3.63, 3.8) is 0 Å². The molecule has 28 heavy (non-hydrogen) atoms. The number of carbonyl (C=O) groups is 1. The summed E-state index contributed by atoms with van der Waals surface area (Å²) in [6.45, 7) is 2.30. The molecule has 0 spiro atoms. The molecule has 1 amide bonds. The van der Waals surface area contributed by atoms with E-state index in [1.807, 2.05) is 0 Å². The van der Waals surface area contributed by atoms with Gasteiger partial charge in [0.25, 0.3) is 0 Å². The van der Waals surface area contributed by atoms with Gasteiger partial charge < -0.3 is 10.2 Å². The Morgan fingerprint density at radius 1 is 1.14 bits per heavy atom. The second-order valence-corrected chi connectivity index (χ2v) is 6.78. The minimum atomic E-state index is -0.994. The molecule has 144 valence electrons. The average molecular weight is 386 g/mol. The fourth-order valence-corrected chi connectivity index (χ4v) is 3.45. The molecule has 0 fully saturated rings. The second-order valence-electron chi connectivity index (χ2n) is 6.78. The third kappa shape index (κ3) is 3.49. The summed E-state index contributed by atoms with van der Waals surface area (Å²) >= 11 is 0. The van der Waals surface area contributed by atoms with Gasteiger partial charge in [0.1, 0.15) is 11.6 Å². The summed E-state index contributed by atoms with van der Waals surface area (Å²) in [6, 6.07) is 6.25. The minimum Gasteiger partial charge on any atom is -0.362 e. The van der Waals surface area contributed by atoms with E-state index >= 15 is 0 Å². The van der Waals surface area contributed by atoms with Gasteiger partial charge in [-0.25, -0.2) is 18.2 Å². The second kappa shape index (κ2) is 7.10. The highest BCUT2D eigenvalue weighted by Gasteiger charge is 2.24. The van der Waals surface area contributed by atoms with Crippen LogP contribution in [0.4, 0.5) is 19.0 Å². The van der Waals surface area contributed by atoms with Crippen molar-refractivity contribution in [1.82, 2.24) is 14.9 Å². The minimum absolute atomic E-state index is 0.0844. The molecule has 1 aliphatic rings. The quantitative estimate of drug-likeness (QED) is 0.725. The Hall–Kier alpha value is -3.16. The zero-order valence-electron chi connectivity index (χ0n) is 15.0. The van der Waals surface area contributed by atoms with Crippen LogP contribution in [0.2, 0.25) is 0 Å². The lowest BCUT2D eigenvalue weighted by Gasteiger charge is -2.20. The lowest BCUT2D eigenvalue weighted by atomic mass is 9.99. The van der Waals surface area contributed by atoms with Gasteiger partial charge in [0.15, 0.2) is 11.6 Å². The van der Waals surface area contributed by atoms with Crippen molar-refractivity contribution in [2.75, 3.05) is 11.9 Å². The molecule has 1 N–H and O–H groups in total. The van der Waals surface area contributed by atoms with Crippen molar-refractivity contribution in [1.29, 1.82) is 0 Å². The van der Waals surface area contributed by atoms with Crippen LogP contribution in [0.15, 0.2) is 36.5 Å². The van der Waals surface area contributed by atoms with Crippen LogP contribution < -0.4 is 5.32 Å². The molecule has 0 saturated carbocycles. The van der Waals surface area contributed by atoms with Crippen LogP contribution in [0.5, 0.6) is 0 Å². The molecule has 4 rings (SSSR count). The highest BCUT2D eigenvalue weighted by atomic mass is 19.2. The van der Waals surface area contributed by atoms with Crippen molar-refractivity contribution in [3.8, 4) is 0 Å². The molecular formula is C20H17F3N4O. The van der Waals surface area contributed by atoms with Gasteiger partial charge in [-0.1, -0.05) is 6.07 Å². The summed E-state index contributed by atoms with van der Waals surface area (Å²) in [6.07, 6.45) is 2.02. The summed E-state index contributed by atoms with van der Waals surface area (Å²) in [7, 11) is 0. The van der Waals surface area contributed by atoms with Crippen molar-refractivity contribution < 1.29 is 18.0 Å². The first-order valence-electron chi connectivity index (χ1n) is 8.83. The van der Waals surface area contributed by atoms with Gasteiger partial charge in [-0.15, -0.1) is 0 Å². The van der Waals surface area contributed by atoms with E-state index in [9.17, 15) is 18.0 Å².